The molecule has 31 heavy (non-hydrogen) atoms. The predicted molar refractivity (Wildman–Crippen MR) is 120 cm³/mol. The van der Waals surface area contributed by atoms with Crippen LogP contribution in [-0.4, -0.2) is 26.4 Å². The van der Waals surface area contributed by atoms with Crippen molar-refractivity contribution in [2.75, 3.05) is 7.11 Å². The zero-order valence-electron chi connectivity index (χ0n) is 17.9. The second-order valence-corrected chi connectivity index (χ2v) is 9.96. The van der Waals surface area contributed by atoms with E-state index in [0.717, 1.165) is 24.0 Å². The summed E-state index contributed by atoms with van der Waals surface area (Å²) in [5, 5.41) is 0.480. The van der Waals surface area contributed by atoms with Crippen LogP contribution in [0.15, 0.2) is 53.6 Å². The molecule has 1 heterocycles. The number of ether oxygens (including phenoxy) is 1. The lowest BCUT2D eigenvalue weighted by atomic mass is 9.93. The minimum atomic E-state index is -4.06. The molecule has 0 saturated carbocycles. The van der Waals surface area contributed by atoms with Crippen LogP contribution in [0.5, 0.6) is 5.75 Å². The first-order valence-corrected chi connectivity index (χ1v) is 11.9. The molecule has 1 unspecified atom stereocenters. The maximum absolute atomic E-state index is 13.2. The molecule has 162 valence electrons. The Kier molecular flexibility index (Phi) is 5.71. The molecule has 2 aromatic carbocycles. The highest BCUT2D eigenvalue weighted by Crippen LogP contribution is 2.42. The summed E-state index contributed by atoms with van der Waals surface area (Å²) < 4.78 is 34.0. The Bertz CT molecular complexity index is 1250. The highest BCUT2D eigenvalue weighted by Gasteiger charge is 2.35. The number of amides is 1. The molecule has 1 aliphatic rings. The molecule has 0 bridgehead atoms. The maximum Gasteiger partial charge on any atom is 0.264 e. The number of sulfonamides is 1. The Labute approximate surface area is 182 Å². The SMILES string of the molecule is COc1ccc(CC(C)C)c2c1C(C(=O)NS(=O)(=O)c1cccc3ncccc13)CC2. The fourth-order valence-corrected chi connectivity index (χ4v) is 5.67. The summed E-state index contributed by atoms with van der Waals surface area (Å²) in [7, 11) is -2.48. The number of methoxy groups -OCH3 is 1. The number of rotatable bonds is 6. The fraction of sp³-hybridized carbons (Fsp3) is 0.333. The maximum atomic E-state index is 13.2. The molecule has 3 aromatic rings. The Balaban J connectivity index is 1.68. The summed E-state index contributed by atoms with van der Waals surface area (Å²) in [5.74, 6) is 0.0113. The van der Waals surface area contributed by atoms with Crippen molar-refractivity contribution in [2.24, 2.45) is 5.92 Å². The van der Waals surface area contributed by atoms with Crippen molar-refractivity contribution in [3.8, 4) is 5.75 Å². The standard InChI is InChI=1S/C24H26N2O4S/c1-15(2)14-16-9-12-21(30-3)23-17(16)10-11-19(23)24(27)26-31(28,29)22-8-4-7-20-18(22)6-5-13-25-20/h4-9,12-13,15,19H,10-11,14H2,1-3H3,(H,26,27). The number of fused-ring (bicyclic) bond motifs is 2. The van der Waals surface area contributed by atoms with Crippen LogP contribution in [0.1, 0.15) is 42.9 Å². The second kappa shape index (κ2) is 8.30. The summed E-state index contributed by atoms with van der Waals surface area (Å²) in [5.41, 5.74) is 3.68. The van der Waals surface area contributed by atoms with E-state index < -0.39 is 21.8 Å². The van der Waals surface area contributed by atoms with Crippen LogP contribution >= 0.6 is 0 Å². The van der Waals surface area contributed by atoms with Gasteiger partial charge in [0.15, 0.2) is 0 Å². The number of pyridine rings is 1. The van der Waals surface area contributed by atoms with Crippen molar-refractivity contribution in [1.29, 1.82) is 0 Å². The molecule has 1 amide bonds. The first kappa shape index (κ1) is 21.3. The van der Waals surface area contributed by atoms with Gasteiger partial charge in [-0.1, -0.05) is 26.0 Å². The normalized spacial score (nSPS) is 15.8. The van der Waals surface area contributed by atoms with Crippen molar-refractivity contribution >= 4 is 26.8 Å². The summed E-state index contributed by atoms with van der Waals surface area (Å²) in [6.07, 6.45) is 3.79. The van der Waals surface area contributed by atoms with E-state index in [2.05, 4.69) is 29.6 Å². The van der Waals surface area contributed by atoms with Gasteiger partial charge in [0.1, 0.15) is 5.75 Å². The third-order valence-corrected chi connectivity index (χ3v) is 7.15. The van der Waals surface area contributed by atoms with E-state index in [0.29, 0.717) is 29.0 Å². The zero-order chi connectivity index (χ0) is 22.2. The van der Waals surface area contributed by atoms with Crippen molar-refractivity contribution < 1.29 is 17.9 Å². The topological polar surface area (TPSA) is 85.4 Å². The summed E-state index contributed by atoms with van der Waals surface area (Å²) >= 11 is 0. The van der Waals surface area contributed by atoms with Gasteiger partial charge in [0.2, 0.25) is 5.91 Å². The van der Waals surface area contributed by atoms with Crippen molar-refractivity contribution in [3.63, 3.8) is 0 Å². The zero-order valence-corrected chi connectivity index (χ0v) is 18.7. The third kappa shape index (κ3) is 4.02. The molecule has 0 aliphatic heterocycles. The lowest BCUT2D eigenvalue weighted by Crippen LogP contribution is -2.34. The predicted octanol–water partition coefficient (Wildman–Crippen LogP) is 3.98. The number of benzene rings is 2. The average molecular weight is 439 g/mol. The highest BCUT2D eigenvalue weighted by atomic mass is 32.2. The van der Waals surface area contributed by atoms with Crippen LogP contribution in [0.3, 0.4) is 0 Å². The molecule has 4 rings (SSSR count). The lowest BCUT2D eigenvalue weighted by Gasteiger charge is -2.18. The molecule has 0 fully saturated rings. The van der Waals surface area contributed by atoms with Gasteiger partial charge in [-0.05, 0) is 66.6 Å². The Morgan fingerprint density at radius 1 is 1.19 bits per heavy atom. The largest absolute Gasteiger partial charge is 0.496 e. The van der Waals surface area contributed by atoms with Crippen molar-refractivity contribution in [3.05, 3.63) is 65.4 Å². The molecule has 0 spiro atoms. The first-order valence-electron chi connectivity index (χ1n) is 10.4. The molecular weight excluding hydrogens is 412 g/mol. The van der Waals surface area contributed by atoms with Gasteiger partial charge in [-0.15, -0.1) is 0 Å². The molecule has 1 N–H and O–H groups in total. The summed E-state index contributed by atoms with van der Waals surface area (Å²) in [6, 6.07) is 12.2. The van der Waals surface area contributed by atoms with Gasteiger partial charge < -0.3 is 4.74 Å². The monoisotopic (exact) mass is 438 g/mol. The molecule has 0 radical (unpaired) electrons. The molecule has 7 heteroatoms. The minimum absolute atomic E-state index is 0.0465. The Hall–Kier alpha value is -2.93. The van der Waals surface area contributed by atoms with Gasteiger partial charge in [-0.3, -0.25) is 9.78 Å². The number of aromatic nitrogens is 1. The van der Waals surface area contributed by atoms with Crippen LogP contribution in [0.25, 0.3) is 10.9 Å². The van der Waals surface area contributed by atoms with E-state index in [1.165, 1.54) is 11.6 Å². The number of carbonyl (C=O) groups excluding carboxylic acids is 1. The van der Waals surface area contributed by atoms with Crippen molar-refractivity contribution in [1.82, 2.24) is 9.71 Å². The van der Waals surface area contributed by atoms with Gasteiger partial charge in [0.05, 0.1) is 23.4 Å². The molecule has 6 nitrogen and oxygen atoms in total. The Morgan fingerprint density at radius 3 is 2.74 bits per heavy atom. The second-order valence-electron chi connectivity index (χ2n) is 8.30. The van der Waals surface area contributed by atoms with E-state index in [-0.39, 0.29) is 4.90 Å². The van der Waals surface area contributed by atoms with Crippen molar-refractivity contribution in [2.45, 2.75) is 43.9 Å². The number of carbonyl (C=O) groups is 1. The van der Waals surface area contributed by atoms with Crippen LogP contribution in [0.2, 0.25) is 0 Å². The van der Waals surface area contributed by atoms with Gasteiger partial charge in [-0.25, -0.2) is 13.1 Å². The van der Waals surface area contributed by atoms with E-state index in [4.69, 9.17) is 4.74 Å². The first-order chi connectivity index (χ1) is 14.8. The lowest BCUT2D eigenvalue weighted by molar-refractivity contribution is -0.120. The third-order valence-electron chi connectivity index (χ3n) is 5.74. The molecule has 1 aromatic heterocycles. The van der Waals surface area contributed by atoms with Crippen LogP contribution in [0.4, 0.5) is 0 Å². The van der Waals surface area contributed by atoms with Crippen LogP contribution in [-0.2, 0) is 27.7 Å². The number of hydrogen-bond donors (Lipinski definition) is 1. The molecule has 1 aliphatic carbocycles. The number of nitrogens with zero attached hydrogens (tertiary/aromatic N) is 1. The number of nitrogens with one attached hydrogen (secondary N) is 1. The van der Waals surface area contributed by atoms with Gasteiger partial charge in [0.25, 0.3) is 10.0 Å². The van der Waals surface area contributed by atoms with E-state index in [1.807, 2.05) is 6.07 Å². The Morgan fingerprint density at radius 2 is 2.00 bits per heavy atom. The van der Waals surface area contributed by atoms with Gasteiger partial charge >= 0.3 is 0 Å². The minimum Gasteiger partial charge on any atom is -0.496 e. The van der Waals surface area contributed by atoms with Gasteiger partial charge in [-0.2, -0.15) is 0 Å². The smallest absolute Gasteiger partial charge is 0.264 e. The summed E-state index contributed by atoms with van der Waals surface area (Å²) in [4.78, 5) is 17.4. The molecule has 0 saturated heterocycles. The van der Waals surface area contributed by atoms with Crippen LogP contribution < -0.4 is 9.46 Å². The average Bonchev–Trinajstić information content (AvgIpc) is 3.19. The van der Waals surface area contributed by atoms with Crippen LogP contribution in [0, 0.1) is 5.92 Å². The van der Waals surface area contributed by atoms with E-state index >= 15 is 0 Å². The summed E-state index contributed by atoms with van der Waals surface area (Å²) in [6.45, 7) is 4.31. The molecule has 1 atom stereocenters. The fourth-order valence-electron chi connectivity index (χ4n) is 4.44. The molecular formula is C24H26N2O4S. The highest BCUT2D eigenvalue weighted by molar-refractivity contribution is 7.90. The quantitative estimate of drug-likeness (QED) is 0.629. The van der Waals surface area contributed by atoms with Gasteiger partial charge in [0, 0.05) is 17.1 Å². The number of hydrogen-bond acceptors (Lipinski definition) is 5. The van der Waals surface area contributed by atoms with E-state index in [9.17, 15) is 13.2 Å². The van der Waals surface area contributed by atoms with E-state index in [1.54, 1.807) is 37.6 Å².